The van der Waals surface area contributed by atoms with E-state index in [2.05, 4.69) is 15.4 Å². The second-order valence-electron chi connectivity index (χ2n) is 2.74. The highest BCUT2D eigenvalue weighted by Gasteiger charge is 2.30. The molecule has 1 aliphatic rings. The summed E-state index contributed by atoms with van der Waals surface area (Å²) < 4.78 is 0. The zero-order valence-corrected chi connectivity index (χ0v) is 8.07. The number of nitrogens with two attached hydrogens (primary N) is 1. The number of halogens is 2. The van der Waals surface area contributed by atoms with Gasteiger partial charge in [0.15, 0.2) is 0 Å². The molecule has 2 rings (SSSR count). The summed E-state index contributed by atoms with van der Waals surface area (Å²) in [4.78, 5) is 0. The van der Waals surface area contributed by atoms with Crippen molar-refractivity contribution in [3.05, 3.63) is 11.9 Å². The van der Waals surface area contributed by atoms with E-state index in [1.165, 1.54) is 0 Å². The average Bonchev–Trinajstić information content (AvgIpc) is 2.37. The third-order valence-electron chi connectivity index (χ3n) is 2.14. The van der Waals surface area contributed by atoms with Gasteiger partial charge in [0.1, 0.15) is 0 Å². The lowest BCUT2D eigenvalue weighted by Gasteiger charge is -2.31. The monoisotopic (exact) mass is 210 g/mol. The van der Waals surface area contributed by atoms with E-state index in [0.717, 1.165) is 18.5 Å². The van der Waals surface area contributed by atoms with Gasteiger partial charge in [0.25, 0.3) is 0 Å². The van der Waals surface area contributed by atoms with Crippen molar-refractivity contribution in [2.75, 3.05) is 0 Å². The van der Waals surface area contributed by atoms with Gasteiger partial charge in [-0.3, -0.25) is 0 Å². The molecule has 0 aliphatic heterocycles. The fraction of sp³-hybridized carbons (Fsp3) is 0.667. The summed E-state index contributed by atoms with van der Waals surface area (Å²) in [5, 5.41) is 10.3. The van der Waals surface area contributed by atoms with E-state index < -0.39 is 0 Å². The number of rotatable bonds is 1. The summed E-state index contributed by atoms with van der Waals surface area (Å²) in [5.41, 5.74) is 6.74. The minimum absolute atomic E-state index is 0. The van der Waals surface area contributed by atoms with E-state index in [9.17, 15) is 0 Å². The van der Waals surface area contributed by atoms with Crippen molar-refractivity contribution in [1.82, 2.24) is 15.4 Å². The molecule has 2 atom stereocenters. The number of aromatic amines is 1. The lowest BCUT2D eigenvalue weighted by atomic mass is 9.78. The van der Waals surface area contributed by atoms with Crippen LogP contribution in [0.15, 0.2) is 6.20 Å². The van der Waals surface area contributed by atoms with Crippen molar-refractivity contribution < 1.29 is 0 Å². The fourth-order valence-corrected chi connectivity index (χ4v) is 1.28. The van der Waals surface area contributed by atoms with E-state index in [1.54, 1.807) is 6.20 Å². The standard InChI is InChI=1S/C6H10N4.2ClH/c7-5-2-1-4(5)6-3-8-10-9-6;;/h3-5H,1-2,7H2,(H,8,9,10);2*1H/t4-,5-;;/m1../s1. The Morgan fingerprint density at radius 3 is 2.50 bits per heavy atom. The van der Waals surface area contributed by atoms with Gasteiger partial charge in [-0.1, -0.05) is 0 Å². The van der Waals surface area contributed by atoms with Crippen molar-refractivity contribution in [3.63, 3.8) is 0 Å². The molecule has 0 saturated heterocycles. The first-order chi connectivity index (χ1) is 4.88. The maximum Gasteiger partial charge on any atom is 0.0870 e. The first-order valence-corrected chi connectivity index (χ1v) is 3.49. The molecule has 0 spiro atoms. The van der Waals surface area contributed by atoms with E-state index in [0.29, 0.717) is 12.0 Å². The van der Waals surface area contributed by atoms with Crippen LogP contribution in [-0.4, -0.2) is 21.5 Å². The highest BCUT2D eigenvalue weighted by molar-refractivity contribution is 5.85. The van der Waals surface area contributed by atoms with Gasteiger partial charge >= 0.3 is 0 Å². The molecule has 0 amide bonds. The third-order valence-corrected chi connectivity index (χ3v) is 2.14. The molecule has 1 saturated carbocycles. The van der Waals surface area contributed by atoms with Crippen LogP contribution in [0.25, 0.3) is 0 Å². The highest BCUT2D eigenvalue weighted by Crippen LogP contribution is 2.33. The summed E-state index contributed by atoms with van der Waals surface area (Å²) in [6.45, 7) is 0. The summed E-state index contributed by atoms with van der Waals surface area (Å²) in [5.74, 6) is 0.457. The van der Waals surface area contributed by atoms with Crippen LogP contribution in [-0.2, 0) is 0 Å². The Hall–Kier alpha value is -0.320. The summed E-state index contributed by atoms with van der Waals surface area (Å²) >= 11 is 0. The average molecular weight is 211 g/mol. The molecule has 0 unspecified atom stereocenters. The quantitative estimate of drug-likeness (QED) is 0.723. The SMILES string of the molecule is Cl.Cl.N[C@@H]1CC[C@H]1c1cn[nH]n1. The molecule has 1 aliphatic carbocycles. The van der Waals surface area contributed by atoms with Crippen molar-refractivity contribution in [1.29, 1.82) is 0 Å². The van der Waals surface area contributed by atoms with E-state index in [-0.39, 0.29) is 24.8 Å². The molecule has 0 bridgehead atoms. The second-order valence-corrected chi connectivity index (χ2v) is 2.74. The van der Waals surface area contributed by atoms with Crippen LogP contribution in [0.1, 0.15) is 24.5 Å². The molecule has 3 N–H and O–H groups in total. The number of hydrogen-bond acceptors (Lipinski definition) is 3. The normalized spacial score (nSPS) is 26.4. The van der Waals surface area contributed by atoms with Crippen molar-refractivity contribution in [2.45, 2.75) is 24.8 Å². The topological polar surface area (TPSA) is 67.6 Å². The number of H-pyrrole nitrogens is 1. The summed E-state index contributed by atoms with van der Waals surface area (Å²) in [6, 6.07) is 0.310. The maximum absolute atomic E-state index is 5.73. The number of nitrogens with one attached hydrogen (secondary N) is 1. The van der Waals surface area contributed by atoms with Gasteiger partial charge in [0, 0.05) is 12.0 Å². The first kappa shape index (κ1) is 11.7. The van der Waals surface area contributed by atoms with Crippen molar-refractivity contribution >= 4 is 24.8 Å². The molecule has 1 aromatic rings. The van der Waals surface area contributed by atoms with E-state index in [1.807, 2.05) is 0 Å². The lowest BCUT2D eigenvalue weighted by molar-refractivity contribution is 0.340. The minimum Gasteiger partial charge on any atom is -0.327 e. The van der Waals surface area contributed by atoms with Gasteiger partial charge < -0.3 is 5.73 Å². The van der Waals surface area contributed by atoms with Gasteiger partial charge in [-0.25, -0.2) is 0 Å². The lowest BCUT2D eigenvalue weighted by Crippen LogP contribution is -2.37. The summed E-state index contributed by atoms with van der Waals surface area (Å²) in [6.07, 6.45) is 4.04. The van der Waals surface area contributed by atoms with Crippen molar-refractivity contribution in [3.8, 4) is 0 Å². The Morgan fingerprint density at radius 2 is 2.17 bits per heavy atom. The molecule has 0 radical (unpaired) electrons. The van der Waals surface area contributed by atoms with Gasteiger partial charge in [-0.15, -0.1) is 24.8 Å². The number of nitrogens with zero attached hydrogens (tertiary/aromatic N) is 2. The summed E-state index contributed by atoms with van der Waals surface area (Å²) in [7, 11) is 0. The van der Waals surface area contributed by atoms with Gasteiger partial charge in [0.05, 0.1) is 11.9 Å². The van der Waals surface area contributed by atoms with Crippen LogP contribution in [0.2, 0.25) is 0 Å². The largest absolute Gasteiger partial charge is 0.327 e. The first-order valence-electron chi connectivity index (χ1n) is 3.49. The molecular weight excluding hydrogens is 199 g/mol. The third kappa shape index (κ3) is 1.88. The zero-order valence-electron chi connectivity index (χ0n) is 6.43. The molecule has 12 heavy (non-hydrogen) atoms. The Balaban J connectivity index is 0.000000605. The smallest absolute Gasteiger partial charge is 0.0870 e. The molecule has 70 valence electrons. The van der Waals surface area contributed by atoms with E-state index >= 15 is 0 Å². The predicted molar refractivity (Wildman–Crippen MR) is 50.8 cm³/mol. The number of hydrogen-bond donors (Lipinski definition) is 2. The van der Waals surface area contributed by atoms with E-state index in [4.69, 9.17) is 5.73 Å². The number of aromatic nitrogens is 3. The fourth-order valence-electron chi connectivity index (χ4n) is 1.28. The molecule has 0 aromatic carbocycles. The molecular formula is C6H12Cl2N4. The molecule has 1 aromatic heterocycles. The van der Waals surface area contributed by atoms with Crippen LogP contribution < -0.4 is 5.73 Å². The maximum atomic E-state index is 5.73. The molecule has 1 heterocycles. The molecule has 4 nitrogen and oxygen atoms in total. The Kier molecular flexibility index (Phi) is 4.52. The van der Waals surface area contributed by atoms with Crippen LogP contribution in [0.3, 0.4) is 0 Å². The molecule has 1 fully saturated rings. The Morgan fingerprint density at radius 1 is 1.42 bits per heavy atom. The second kappa shape index (κ2) is 4.64. The predicted octanol–water partition coefficient (Wildman–Crippen LogP) is 0.853. The van der Waals surface area contributed by atoms with Gasteiger partial charge in [0.2, 0.25) is 0 Å². The van der Waals surface area contributed by atoms with Crippen LogP contribution in [0.4, 0.5) is 0 Å². The van der Waals surface area contributed by atoms with Gasteiger partial charge in [-0.2, -0.15) is 15.4 Å². The van der Waals surface area contributed by atoms with Crippen LogP contribution >= 0.6 is 24.8 Å². The minimum atomic E-state index is 0. The Labute approximate surface area is 83.1 Å². The highest BCUT2D eigenvalue weighted by atomic mass is 35.5. The zero-order chi connectivity index (χ0) is 6.97. The van der Waals surface area contributed by atoms with Crippen LogP contribution in [0.5, 0.6) is 0 Å². The van der Waals surface area contributed by atoms with Gasteiger partial charge in [-0.05, 0) is 12.8 Å². The Bertz CT molecular complexity index is 213. The van der Waals surface area contributed by atoms with Crippen LogP contribution in [0, 0.1) is 0 Å². The molecule has 6 heteroatoms. The van der Waals surface area contributed by atoms with Crippen molar-refractivity contribution in [2.24, 2.45) is 5.73 Å².